The number of nitrogens with one attached hydrogen (secondary N) is 2. The van der Waals surface area contributed by atoms with Crippen molar-refractivity contribution in [3.63, 3.8) is 0 Å². The molecule has 0 bridgehead atoms. The Hall–Kier alpha value is -2.81. The van der Waals surface area contributed by atoms with Gasteiger partial charge in [0, 0.05) is 51.8 Å². The number of nitrogens with zero attached hydrogens (tertiary/aromatic N) is 2. The number of anilines is 1. The molecular formula is C25H40N4O5. The number of ether oxygens (including phenoxy) is 2. The van der Waals surface area contributed by atoms with E-state index in [4.69, 9.17) is 9.47 Å². The van der Waals surface area contributed by atoms with Crippen molar-refractivity contribution in [2.24, 2.45) is 5.92 Å². The second-order valence-electron chi connectivity index (χ2n) is 8.99. The van der Waals surface area contributed by atoms with E-state index < -0.39 is 0 Å². The van der Waals surface area contributed by atoms with E-state index in [0.29, 0.717) is 43.1 Å². The first-order valence-electron chi connectivity index (χ1n) is 12.1. The summed E-state index contributed by atoms with van der Waals surface area (Å²) >= 11 is 0. The summed E-state index contributed by atoms with van der Waals surface area (Å²) < 4.78 is 11.8. The van der Waals surface area contributed by atoms with E-state index in [2.05, 4.69) is 10.6 Å². The van der Waals surface area contributed by atoms with Crippen LogP contribution < -0.4 is 15.4 Å². The third-order valence-corrected chi connectivity index (χ3v) is 5.99. The molecular weight excluding hydrogens is 436 g/mol. The molecule has 0 aromatic heterocycles. The lowest BCUT2D eigenvalue weighted by Crippen LogP contribution is -2.51. The summed E-state index contributed by atoms with van der Waals surface area (Å²) in [6, 6.07) is 4.69. The van der Waals surface area contributed by atoms with Gasteiger partial charge >= 0.3 is 6.03 Å². The number of benzene rings is 1. The second kappa shape index (κ2) is 13.2. The third kappa shape index (κ3) is 7.35. The highest BCUT2D eigenvalue weighted by molar-refractivity contribution is 5.99. The van der Waals surface area contributed by atoms with Gasteiger partial charge in [-0.05, 0) is 38.0 Å². The van der Waals surface area contributed by atoms with E-state index >= 15 is 0 Å². The van der Waals surface area contributed by atoms with Gasteiger partial charge in [0.15, 0.2) is 0 Å². The van der Waals surface area contributed by atoms with Crippen LogP contribution >= 0.6 is 0 Å². The van der Waals surface area contributed by atoms with Gasteiger partial charge in [0.2, 0.25) is 5.91 Å². The smallest absolute Gasteiger partial charge is 0.317 e. The maximum absolute atomic E-state index is 13.4. The standard InChI is InChI=1S/C25H40N4O5/c1-7-9-23(30)27-19-10-11-21-20(13-19)24(31)28(5)15-22(33-6)17(3)14-29(18(4)16-34-21)25(32)26-12-8-2/h10-11,13,17-18,22H,7-9,12,14-16H2,1-6H3,(H,26,32)(H,27,30)/t17-,18+,22-/m1/s1. The Morgan fingerprint density at radius 2 is 1.91 bits per heavy atom. The van der Waals surface area contributed by atoms with Crippen molar-refractivity contribution in [2.75, 3.05) is 45.7 Å². The van der Waals surface area contributed by atoms with Crippen LogP contribution in [0.2, 0.25) is 0 Å². The van der Waals surface area contributed by atoms with Crippen molar-refractivity contribution in [1.82, 2.24) is 15.1 Å². The zero-order chi connectivity index (χ0) is 25.3. The highest BCUT2D eigenvalue weighted by atomic mass is 16.5. The molecule has 2 N–H and O–H groups in total. The quantitative estimate of drug-likeness (QED) is 0.656. The molecule has 34 heavy (non-hydrogen) atoms. The van der Waals surface area contributed by atoms with Crippen LogP contribution in [0.1, 0.15) is 57.3 Å². The van der Waals surface area contributed by atoms with Crippen LogP contribution in [0.3, 0.4) is 0 Å². The lowest BCUT2D eigenvalue weighted by Gasteiger charge is -2.36. The van der Waals surface area contributed by atoms with Crippen LogP contribution in [0.5, 0.6) is 5.75 Å². The predicted molar refractivity (Wildman–Crippen MR) is 132 cm³/mol. The van der Waals surface area contributed by atoms with E-state index in [1.807, 2.05) is 27.7 Å². The van der Waals surface area contributed by atoms with Crippen molar-refractivity contribution < 1.29 is 23.9 Å². The SMILES string of the molecule is CCCNC(=O)N1C[C@@H](C)[C@H](OC)CN(C)C(=O)c2cc(NC(=O)CCC)ccc2OC[C@@H]1C. The van der Waals surface area contributed by atoms with Gasteiger partial charge in [-0.25, -0.2) is 4.79 Å². The number of amides is 4. The first kappa shape index (κ1) is 27.4. The summed E-state index contributed by atoms with van der Waals surface area (Å²) in [5, 5.41) is 5.80. The molecule has 1 aliphatic heterocycles. The van der Waals surface area contributed by atoms with Gasteiger partial charge in [-0.3, -0.25) is 9.59 Å². The van der Waals surface area contributed by atoms with Crippen LogP contribution in [0.25, 0.3) is 0 Å². The fourth-order valence-electron chi connectivity index (χ4n) is 3.92. The maximum atomic E-state index is 13.4. The van der Waals surface area contributed by atoms with Gasteiger partial charge in [0.1, 0.15) is 12.4 Å². The average molecular weight is 477 g/mol. The highest BCUT2D eigenvalue weighted by Crippen LogP contribution is 2.26. The Kier molecular flexibility index (Phi) is 10.6. The first-order valence-corrected chi connectivity index (χ1v) is 12.1. The normalized spacial score (nSPS) is 21.6. The van der Waals surface area contributed by atoms with Crippen LogP contribution in [0.4, 0.5) is 10.5 Å². The van der Waals surface area contributed by atoms with Crippen molar-refractivity contribution in [3.05, 3.63) is 23.8 Å². The minimum Gasteiger partial charge on any atom is -0.491 e. The molecule has 9 nitrogen and oxygen atoms in total. The number of urea groups is 1. The molecule has 1 aromatic rings. The molecule has 0 aliphatic carbocycles. The molecule has 4 amide bonds. The van der Waals surface area contributed by atoms with Gasteiger partial charge in [-0.15, -0.1) is 0 Å². The van der Waals surface area contributed by atoms with Gasteiger partial charge in [0.05, 0.1) is 17.7 Å². The molecule has 2 rings (SSSR count). The van der Waals surface area contributed by atoms with Crippen LogP contribution in [0.15, 0.2) is 18.2 Å². The summed E-state index contributed by atoms with van der Waals surface area (Å²) in [7, 11) is 3.34. The molecule has 0 radical (unpaired) electrons. The number of carbonyl (C=O) groups is 3. The molecule has 0 saturated carbocycles. The van der Waals surface area contributed by atoms with Crippen molar-refractivity contribution >= 4 is 23.5 Å². The highest BCUT2D eigenvalue weighted by Gasteiger charge is 2.30. The van der Waals surface area contributed by atoms with E-state index in [9.17, 15) is 14.4 Å². The maximum Gasteiger partial charge on any atom is 0.317 e. The van der Waals surface area contributed by atoms with Crippen molar-refractivity contribution in [2.45, 2.75) is 59.1 Å². The van der Waals surface area contributed by atoms with Gasteiger partial charge in [0.25, 0.3) is 5.91 Å². The number of rotatable bonds is 6. The molecule has 1 heterocycles. The minimum absolute atomic E-state index is 0.0198. The molecule has 0 saturated heterocycles. The molecule has 0 fully saturated rings. The van der Waals surface area contributed by atoms with E-state index in [0.717, 1.165) is 12.8 Å². The van der Waals surface area contributed by atoms with E-state index in [1.54, 1.807) is 42.2 Å². The lowest BCUT2D eigenvalue weighted by atomic mass is 10.0. The summed E-state index contributed by atoms with van der Waals surface area (Å²) in [6.45, 7) is 9.52. The Morgan fingerprint density at radius 1 is 1.18 bits per heavy atom. The summed E-state index contributed by atoms with van der Waals surface area (Å²) in [4.78, 5) is 41.7. The number of hydrogen-bond acceptors (Lipinski definition) is 5. The second-order valence-corrected chi connectivity index (χ2v) is 8.99. The Labute approximate surface area is 203 Å². The number of likely N-dealkylation sites (N-methyl/N-ethyl adjacent to an activating group) is 1. The molecule has 1 aromatic carbocycles. The van der Waals surface area contributed by atoms with Crippen LogP contribution in [-0.4, -0.2) is 80.2 Å². The zero-order valence-corrected chi connectivity index (χ0v) is 21.3. The fraction of sp³-hybridized carbons (Fsp3) is 0.640. The van der Waals surface area contributed by atoms with Crippen LogP contribution in [-0.2, 0) is 9.53 Å². The average Bonchev–Trinajstić information content (AvgIpc) is 2.81. The number of hydrogen-bond donors (Lipinski definition) is 2. The van der Waals surface area contributed by atoms with E-state index in [1.165, 1.54) is 0 Å². The topological polar surface area (TPSA) is 100 Å². The third-order valence-electron chi connectivity index (χ3n) is 5.99. The van der Waals surface area contributed by atoms with Crippen LogP contribution in [0, 0.1) is 5.92 Å². The van der Waals surface area contributed by atoms with Gasteiger partial charge in [-0.1, -0.05) is 20.8 Å². The number of methoxy groups -OCH3 is 1. The molecule has 1 aliphatic rings. The monoisotopic (exact) mass is 476 g/mol. The summed E-state index contributed by atoms with van der Waals surface area (Å²) in [5.74, 6) is 0.0666. The zero-order valence-electron chi connectivity index (χ0n) is 21.3. The number of fused-ring (bicyclic) bond motifs is 1. The fourth-order valence-corrected chi connectivity index (χ4v) is 3.92. The lowest BCUT2D eigenvalue weighted by molar-refractivity contribution is -0.116. The molecule has 190 valence electrons. The minimum atomic E-state index is -0.265. The molecule has 0 unspecified atom stereocenters. The Morgan fingerprint density at radius 3 is 2.56 bits per heavy atom. The predicted octanol–water partition coefficient (Wildman–Crippen LogP) is 3.35. The Bertz CT molecular complexity index is 847. The summed E-state index contributed by atoms with van der Waals surface area (Å²) in [6.07, 6.45) is 1.72. The van der Waals surface area contributed by atoms with Gasteiger partial charge in [-0.2, -0.15) is 0 Å². The van der Waals surface area contributed by atoms with Gasteiger partial charge < -0.3 is 29.9 Å². The molecule has 9 heteroatoms. The molecule has 3 atom stereocenters. The first-order chi connectivity index (χ1) is 16.2. The van der Waals surface area contributed by atoms with Crippen molar-refractivity contribution in [3.8, 4) is 5.75 Å². The van der Waals surface area contributed by atoms with Crippen molar-refractivity contribution in [1.29, 1.82) is 0 Å². The molecule has 0 spiro atoms. The Balaban J connectivity index is 2.40. The summed E-state index contributed by atoms with van der Waals surface area (Å²) in [5.41, 5.74) is 0.897. The number of carbonyl (C=O) groups excluding carboxylic acids is 3. The van der Waals surface area contributed by atoms with E-state index in [-0.39, 0.29) is 42.5 Å². The largest absolute Gasteiger partial charge is 0.491 e.